The van der Waals surface area contributed by atoms with E-state index < -0.39 is 0 Å². The third-order valence-electron chi connectivity index (χ3n) is 5.13. The predicted molar refractivity (Wildman–Crippen MR) is 99.8 cm³/mol. The molecule has 0 aliphatic carbocycles. The van der Waals surface area contributed by atoms with Gasteiger partial charge in [-0.2, -0.15) is 0 Å². The van der Waals surface area contributed by atoms with Crippen molar-refractivity contribution in [2.24, 2.45) is 5.92 Å². The third kappa shape index (κ3) is 4.34. The molecule has 1 aromatic heterocycles. The summed E-state index contributed by atoms with van der Waals surface area (Å²) in [6.45, 7) is 3.93. The maximum absolute atomic E-state index is 12.6. The molecule has 0 unspecified atom stereocenters. The van der Waals surface area contributed by atoms with Gasteiger partial charge < -0.3 is 14.6 Å². The molecule has 1 aromatic carbocycles. The van der Waals surface area contributed by atoms with Gasteiger partial charge >= 0.3 is 0 Å². The maximum Gasteiger partial charge on any atom is 0.257 e. The first kappa shape index (κ1) is 18.2. The van der Waals surface area contributed by atoms with Crippen LogP contribution in [0.1, 0.15) is 48.0 Å². The van der Waals surface area contributed by atoms with Crippen LogP contribution in [-0.4, -0.2) is 36.3 Å². The van der Waals surface area contributed by atoms with Crippen LogP contribution in [0, 0.1) is 5.92 Å². The zero-order chi connectivity index (χ0) is 18.4. The molecule has 1 N–H and O–H groups in total. The number of piperidine rings is 1. The summed E-state index contributed by atoms with van der Waals surface area (Å²) >= 11 is 0. The van der Waals surface area contributed by atoms with Gasteiger partial charge in [-0.1, -0.05) is 37.3 Å². The van der Waals surface area contributed by atoms with E-state index >= 15 is 0 Å². The highest BCUT2D eigenvalue weighted by molar-refractivity contribution is 5.94. The second kappa shape index (κ2) is 8.70. The van der Waals surface area contributed by atoms with Gasteiger partial charge in [-0.05, 0) is 30.9 Å². The lowest BCUT2D eigenvalue weighted by Gasteiger charge is -2.32. The average molecular weight is 354 g/mol. The zero-order valence-corrected chi connectivity index (χ0v) is 15.2. The molecular weight excluding hydrogens is 328 g/mol. The smallest absolute Gasteiger partial charge is 0.257 e. The Kier molecular flexibility index (Phi) is 6.10. The standard InChI is InChI=1S/C21H26N2O3/c1-2-16(17-7-4-3-5-8-17)13-22-20(24)18-9-6-11-23(14-18)21(25)19-10-12-26-15-19/h3-5,7-8,10,12,15-16,18H,2,6,9,11,13-14H2,1H3,(H,22,24)/t16-,18+/m1/s1. The third-order valence-corrected chi connectivity index (χ3v) is 5.13. The number of furan rings is 1. The summed E-state index contributed by atoms with van der Waals surface area (Å²) in [5, 5.41) is 3.10. The Morgan fingerprint density at radius 1 is 1.27 bits per heavy atom. The minimum absolute atomic E-state index is 0.0454. The molecular formula is C21H26N2O3. The number of nitrogens with one attached hydrogen (secondary N) is 1. The van der Waals surface area contributed by atoms with Crippen LogP contribution in [0.15, 0.2) is 53.3 Å². The highest BCUT2D eigenvalue weighted by atomic mass is 16.3. The lowest BCUT2D eigenvalue weighted by Crippen LogP contribution is -2.46. The van der Waals surface area contributed by atoms with Gasteiger partial charge in [0.2, 0.25) is 5.91 Å². The van der Waals surface area contributed by atoms with Gasteiger partial charge in [0.1, 0.15) is 6.26 Å². The van der Waals surface area contributed by atoms with Crippen molar-refractivity contribution in [3.63, 3.8) is 0 Å². The van der Waals surface area contributed by atoms with E-state index in [2.05, 4.69) is 24.4 Å². The molecule has 1 aliphatic rings. The lowest BCUT2D eigenvalue weighted by molar-refractivity contribution is -0.126. The molecule has 5 nitrogen and oxygen atoms in total. The maximum atomic E-state index is 12.6. The first-order chi connectivity index (χ1) is 12.7. The fraction of sp³-hybridized carbons (Fsp3) is 0.429. The van der Waals surface area contributed by atoms with E-state index in [-0.39, 0.29) is 17.7 Å². The van der Waals surface area contributed by atoms with Crippen LogP contribution < -0.4 is 5.32 Å². The van der Waals surface area contributed by atoms with Gasteiger partial charge in [-0.15, -0.1) is 0 Å². The monoisotopic (exact) mass is 354 g/mol. The van der Waals surface area contributed by atoms with E-state index in [1.54, 1.807) is 11.0 Å². The van der Waals surface area contributed by atoms with Gasteiger partial charge in [0.25, 0.3) is 5.91 Å². The first-order valence-corrected chi connectivity index (χ1v) is 9.33. The molecule has 3 rings (SSSR count). The van der Waals surface area contributed by atoms with Crippen LogP contribution in [0.4, 0.5) is 0 Å². The summed E-state index contributed by atoms with van der Waals surface area (Å²) in [5.41, 5.74) is 1.79. The molecule has 2 aromatic rings. The Morgan fingerprint density at radius 2 is 2.08 bits per heavy atom. The number of nitrogens with zero attached hydrogens (tertiary/aromatic N) is 1. The molecule has 138 valence electrons. The Hall–Kier alpha value is -2.56. The van der Waals surface area contributed by atoms with Gasteiger partial charge in [0.05, 0.1) is 17.7 Å². The topological polar surface area (TPSA) is 62.6 Å². The molecule has 2 amide bonds. The van der Waals surface area contributed by atoms with E-state index in [1.807, 2.05) is 18.2 Å². The summed E-state index contributed by atoms with van der Waals surface area (Å²) in [7, 11) is 0. The Labute approximate surface area is 154 Å². The van der Waals surface area contributed by atoms with Gasteiger partial charge in [-0.25, -0.2) is 0 Å². The van der Waals surface area contributed by atoms with E-state index in [0.29, 0.717) is 31.1 Å². The van der Waals surface area contributed by atoms with Crippen LogP contribution in [0.2, 0.25) is 0 Å². The van der Waals surface area contributed by atoms with Crippen LogP contribution >= 0.6 is 0 Å². The SMILES string of the molecule is CC[C@H](CNC(=O)[C@H]1CCCN(C(=O)c2ccoc2)C1)c1ccccc1. The second-order valence-corrected chi connectivity index (χ2v) is 6.86. The van der Waals surface area contributed by atoms with Crippen molar-refractivity contribution >= 4 is 11.8 Å². The summed E-state index contributed by atoms with van der Waals surface area (Å²) < 4.78 is 4.99. The Bertz CT molecular complexity index is 712. The summed E-state index contributed by atoms with van der Waals surface area (Å²) in [4.78, 5) is 26.9. The van der Waals surface area contributed by atoms with Crippen molar-refractivity contribution < 1.29 is 14.0 Å². The van der Waals surface area contributed by atoms with E-state index in [4.69, 9.17) is 4.42 Å². The van der Waals surface area contributed by atoms with Crippen molar-refractivity contribution in [1.29, 1.82) is 0 Å². The van der Waals surface area contributed by atoms with Crippen molar-refractivity contribution in [3.05, 3.63) is 60.1 Å². The molecule has 0 radical (unpaired) electrons. The number of likely N-dealkylation sites (tertiary alicyclic amines) is 1. The quantitative estimate of drug-likeness (QED) is 0.864. The lowest BCUT2D eigenvalue weighted by atomic mass is 9.94. The second-order valence-electron chi connectivity index (χ2n) is 6.86. The van der Waals surface area contributed by atoms with Gasteiger partial charge in [-0.3, -0.25) is 9.59 Å². The molecule has 2 atom stereocenters. The summed E-state index contributed by atoms with van der Waals surface area (Å²) in [6.07, 6.45) is 5.59. The fourth-order valence-corrected chi connectivity index (χ4v) is 3.54. The zero-order valence-electron chi connectivity index (χ0n) is 15.2. The molecule has 0 bridgehead atoms. The number of rotatable bonds is 6. The number of hydrogen-bond acceptors (Lipinski definition) is 3. The van der Waals surface area contributed by atoms with Crippen molar-refractivity contribution in [2.75, 3.05) is 19.6 Å². The van der Waals surface area contributed by atoms with Crippen molar-refractivity contribution in [3.8, 4) is 0 Å². The average Bonchev–Trinajstić information content (AvgIpc) is 3.23. The normalized spacial score (nSPS) is 18.3. The van der Waals surface area contributed by atoms with E-state index in [0.717, 1.165) is 19.3 Å². The van der Waals surface area contributed by atoms with Crippen molar-refractivity contribution in [1.82, 2.24) is 10.2 Å². The van der Waals surface area contributed by atoms with Crippen molar-refractivity contribution in [2.45, 2.75) is 32.1 Å². The minimum Gasteiger partial charge on any atom is -0.472 e. The Balaban J connectivity index is 1.55. The van der Waals surface area contributed by atoms with Gasteiger partial charge in [0, 0.05) is 25.6 Å². The van der Waals surface area contributed by atoms with E-state index in [9.17, 15) is 9.59 Å². The molecule has 1 aliphatic heterocycles. The van der Waals surface area contributed by atoms with E-state index in [1.165, 1.54) is 18.1 Å². The first-order valence-electron chi connectivity index (χ1n) is 9.33. The molecule has 1 fully saturated rings. The molecule has 0 saturated carbocycles. The Morgan fingerprint density at radius 3 is 2.77 bits per heavy atom. The largest absolute Gasteiger partial charge is 0.472 e. The number of carbonyl (C=O) groups excluding carboxylic acids is 2. The fourth-order valence-electron chi connectivity index (χ4n) is 3.54. The number of benzene rings is 1. The van der Waals surface area contributed by atoms with Gasteiger partial charge in [0.15, 0.2) is 0 Å². The summed E-state index contributed by atoms with van der Waals surface area (Å²) in [6, 6.07) is 11.9. The highest BCUT2D eigenvalue weighted by Gasteiger charge is 2.29. The number of amides is 2. The highest BCUT2D eigenvalue weighted by Crippen LogP contribution is 2.21. The number of hydrogen-bond donors (Lipinski definition) is 1. The molecule has 26 heavy (non-hydrogen) atoms. The molecule has 0 spiro atoms. The summed E-state index contributed by atoms with van der Waals surface area (Å²) in [5.74, 6) is 0.149. The predicted octanol–water partition coefficient (Wildman–Crippen LogP) is 3.44. The molecule has 1 saturated heterocycles. The number of carbonyl (C=O) groups is 2. The van der Waals surface area contributed by atoms with Crippen LogP contribution in [-0.2, 0) is 4.79 Å². The van der Waals surface area contributed by atoms with Crippen LogP contribution in [0.25, 0.3) is 0 Å². The minimum atomic E-state index is -0.145. The van der Waals surface area contributed by atoms with Crippen LogP contribution in [0.3, 0.4) is 0 Å². The molecule has 2 heterocycles. The van der Waals surface area contributed by atoms with Crippen LogP contribution in [0.5, 0.6) is 0 Å². The molecule has 5 heteroatoms.